The van der Waals surface area contributed by atoms with E-state index in [1.54, 1.807) is 19.2 Å². The van der Waals surface area contributed by atoms with Crippen LogP contribution in [0.5, 0.6) is 5.75 Å². The first-order chi connectivity index (χ1) is 18.2. The lowest BCUT2D eigenvalue weighted by Crippen LogP contribution is -2.09. The largest absolute Gasteiger partial charge is 0.497 e. The molecular formula is C33H23N3O. The molecule has 0 heterocycles. The average Bonchev–Trinajstić information content (AvgIpc) is 2.97. The number of rotatable bonds is 6. The minimum absolute atomic E-state index is 0.544. The number of ether oxygens (including phenoxy) is 1. The average molecular weight is 478 g/mol. The minimum atomic E-state index is 0.544. The van der Waals surface area contributed by atoms with Crippen LogP contribution in [0.1, 0.15) is 16.7 Å². The highest BCUT2D eigenvalue weighted by Crippen LogP contribution is 2.36. The zero-order valence-corrected chi connectivity index (χ0v) is 20.3. The highest BCUT2D eigenvalue weighted by Gasteiger charge is 2.12. The summed E-state index contributed by atoms with van der Waals surface area (Å²) in [6.45, 7) is 7.58. The molecule has 4 heteroatoms. The molecule has 0 fully saturated rings. The summed E-state index contributed by atoms with van der Waals surface area (Å²) in [7, 11) is 1.67. The number of hydrogen-bond donors (Lipinski definition) is 0. The third kappa shape index (κ3) is 4.78. The van der Waals surface area contributed by atoms with E-state index in [1.807, 2.05) is 72.8 Å². The van der Waals surface area contributed by atoms with Gasteiger partial charge in [0.1, 0.15) is 5.75 Å². The van der Waals surface area contributed by atoms with Crippen molar-refractivity contribution in [3.05, 3.63) is 137 Å². The third-order valence-corrected chi connectivity index (χ3v) is 6.24. The number of anilines is 3. The lowest BCUT2D eigenvalue weighted by Gasteiger charge is -2.25. The van der Waals surface area contributed by atoms with Crippen molar-refractivity contribution in [1.82, 2.24) is 0 Å². The highest BCUT2D eigenvalue weighted by molar-refractivity contribution is 6.04. The summed E-state index contributed by atoms with van der Waals surface area (Å²) in [5.74, 6) is 0.814. The van der Waals surface area contributed by atoms with Gasteiger partial charge in [-0.25, -0.2) is 4.85 Å². The Kier molecular flexibility index (Phi) is 6.66. The van der Waals surface area contributed by atoms with E-state index < -0.39 is 0 Å². The summed E-state index contributed by atoms with van der Waals surface area (Å²) >= 11 is 0. The molecule has 0 radical (unpaired) electrons. The Morgan fingerprint density at radius 2 is 1.43 bits per heavy atom. The minimum Gasteiger partial charge on any atom is -0.497 e. The molecule has 5 rings (SSSR count). The van der Waals surface area contributed by atoms with Gasteiger partial charge in [-0.1, -0.05) is 72.8 Å². The maximum atomic E-state index is 9.50. The van der Waals surface area contributed by atoms with E-state index in [2.05, 4.69) is 52.2 Å². The monoisotopic (exact) mass is 477 g/mol. The molecule has 0 unspecified atom stereocenters. The summed E-state index contributed by atoms with van der Waals surface area (Å²) in [6.07, 6.45) is 4.04. The Morgan fingerprint density at radius 1 is 0.757 bits per heavy atom. The molecule has 0 bridgehead atoms. The van der Waals surface area contributed by atoms with Crippen LogP contribution in [-0.2, 0) is 0 Å². The topological polar surface area (TPSA) is 40.6 Å². The molecule has 0 aromatic heterocycles. The molecule has 0 spiro atoms. The van der Waals surface area contributed by atoms with Crippen LogP contribution in [0.15, 0.2) is 109 Å². The quantitative estimate of drug-likeness (QED) is 0.181. The fraction of sp³-hybridized carbons (Fsp3) is 0.0303. The molecule has 0 saturated heterocycles. The van der Waals surface area contributed by atoms with Crippen LogP contribution in [0.2, 0.25) is 0 Å². The van der Waals surface area contributed by atoms with E-state index in [0.29, 0.717) is 11.3 Å². The Bertz CT molecular complexity index is 1660. The lowest BCUT2D eigenvalue weighted by atomic mass is 9.98. The number of fused-ring (bicyclic) bond motifs is 1. The normalized spacial score (nSPS) is 10.7. The fourth-order valence-corrected chi connectivity index (χ4v) is 4.42. The Balaban J connectivity index is 1.50. The van der Waals surface area contributed by atoms with Gasteiger partial charge in [-0.15, -0.1) is 0 Å². The van der Waals surface area contributed by atoms with Crippen molar-refractivity contribution in [3.8, 4) is 11.8 Å². The van der Waals surface area contributed by atoms with Crippen LogP contribution >= 0.6 is 0 Å². The van der Waals surface area contributed by atoms with E-state index >= 15 is 0 Å². The molecule has 176 valence electrons. The number of methoxy groups -OCH3 is 1. The highest BCUT2D eigenvalue weighted by atomic mass is 16.5. The molecule has 0 aliphatic rings. The molecule has 0 N–H and O–H groups in total. The number of nitrogens with zero attached hydrogens (tertiary/aromatic N) is 3. The maximum Gasteiger partial charge on any atom is 0.195 e. The van der Waals surface area contributed by atoms with Gasteiger partial charge in [0.05, 0.1) is 25.3 Å². The number of nitriles is 1. The van der Waals surface area contributed by atoms with Crippen LogP contribution in [-0.4, -0.2) is 7.11 Å². The molecule has 0 atom stereocenters. The summed E-state index contributed by atoms with van der Waals surface area (Å²) in [4.78, 5) is 5.88. The van der Waals surface area contributed by atoms with Gasteiger partial charge in [0.15, 0.2) is 5.69 Å². The van der Waals surface area contributed by atoms with Crippen LogP contribution in [0, 0.1) is 17.9 Å². The first kappa shape index (κ1) is 23.4. The first-order valence-electron chi connectivity index (χ1n) is 11.8. The van der Waals surface area contributed by atoms with Gasteiger partial charge < -0.3 is 9.64 Å². The summed E-state index contributed by atoms with van der Waals surface area (Å²) in [6, 6.07) is 38.1. The first-order valence-corrected chi connectivity index (χ1v) is 11.8. The summed E-state index contributed by atoms with van der Waals surface area (Å²) in [5.41, 5.74) is 6.19. The van der Waals surface area contributed by atoms with Crippen LogP contribution in [0.25, 0.3) is 27.8 Å². The zero-order valence-electron chi connectivity index (χ0n) is 20.3. The van der Waals surface area contributed by atoms with Crippen LogP contribution in [0.3, 0.4) is 0 Å². The van der Waals surface area contributed by atoms with Gasteiger partial charge in [0, 0.05) is 17.1 Å². The lowest BCUT2D eigenvalue weighted by molar-refractivity contribution is 0.415. The van der Waals surface area contributed by atoms with E-state index in [1.165, 1.54) is 0 Å². The van der Waals surface area contributed by atoms with E-state index in [4.69, 9.17) is 11.3 Å². The van der Waals surface area contributed by atoms with Gasteiger partial charge in [0.2, 0.25) is 0 Å². The summed E-state index contributed by atoms with van der Waals surface area (Å²) < 4.78 is 5.34. The van der Waals surface area contributed by atoms with Crippen molar-refractivity contribution < 1.29 is 4.74 Å². The second-order valence-electron chi connectivity index (χ2n) is 8.42. The standard InChI is InChI=1S/C33H23N3O/c1-35-32-22-15-26(23-34)31-10-6-7-25(33(31)32)14-11-24-12-16-28(17-13-24)36(27-8-4-3-5-9-27)29-18-20-30(37-2)21-19-29/h3-22H,2H3/b14-11+. The molecule has 5 aromatic rings. The van der Waals surface area contributed by atoms with Gasteiger partial charge in [-0.05, 0) is 70.4 Å². The predicted molar refractivity (Wildman–Crippen MR) is 152 cm³/mol. The predicted octanol–water partition coefficient (Wildman–Crippen LogP) is 8.91. The fourth-order valence-electron chi connectivity index (χ4n) is 4.42. The van der Waals surface area contributed by atoms with Crippen molar-refractivity contribution in [3.63, 3.8) is 0 Å². The second kappa shape index (κ2) is 10.5. The Hall–Kier alpha value is -5.32. The third-order valence-electron chi connectivity index (χ3n) is 6.24. The van der Waals surface area contributed by atoms with Crippen LogP contribution < -0.4 is 9.64 Å². The van der Waals surface area contributed by atoms with Crippen molar-refractivity contribution in [1.29, 1.82) is 5.26 Å². The van der Waals surface area contributed by atoms with Gasteiger partial charge in [0.25, 0.3) is 0 Å². The molecule has 0 aliphatic heterocycles. The molecule has 0 amide bonds. The number of hydrogen-bond acceptors (Lipinski definition) is 3. The van der Waals surface area contributed by atoms with Gasteiger partial charge in [-0.2, -0.15) is 5.26 Å². The number of para-hydroxylation sites is 1. The second-order valence-corrected chi connectivity index (χ2v) is 8.42. The molecule has 4 nitrogen and oxygen atoms in total. The molecule has 0 aliphatic carbocycles. The van der Waals surface area contributed by atoms with Crippen molar-refractivity contribution in [2.45, 2.75) is 0 Å². The molecule has 37 heavy (non-hydrogen) atoms. The van der Waals surface area contributed by atoms with Crippen molar-refractivity contribution >= 4 is 45.7 Å². The van der Waals surface area contributed by atoms with Gasteiger partial charge in [-0.3, -0.25) is 0 Å². The van der Waals surface area contributed by atoms with E-state index in [-0.39, 0.29) is 0 Å². The van der Waals surface area contributed by atoms with Crippen LogP contribution in [0.4, 0.5) is 22.7 Å². The maximum absolute atomic E-state index is 9.50. The molecule has 0 saturated carbocycles. The van der Waals surface area contributed by atoms with Gasteiger partial charge >= 0.3 is 0 Å². The summed E-state index contributed by atoms with van der Waals surface area (Å²) in [5, 5.41) is 11.1. The zero-order chi connectivity index (χ0) is 25.6. The van der Waals surface area contributed by atoms with Crippen molar-refractivity contribution in [2.24, 2.45) is 0 Å². The molecular weight excluding hydrogens is 454 g/mol. The van der Waals surface area contributed by atoms with Crippen molar-refractivity contribution in [2.75, 3.05) is 12.0 Å². The van der Waals surface area contributed by atoms with E-state index in [9.17, 15) is 5.26 Å². The Labute approximate surface area is 216 Å². The number of benzene rings is 5. The Morgan fingerprint density at radius 3 is 2.08 bits per heavy atom. The molecule has 5 aromatic carbocycles. The SMILES string of the molecule is [C-]#[N+]c1ccc(C#N)c2cccc(/C=C/c3ccc(N(c4ccccc4)c4ccc(OC)cc4)cc3)c12. The van der Waals surface area contributed by atoms with E-state index in [0.717, 1.165) is 44.7 Å². The smallest absolute Gasteiger partial charge is 0.195 e.